The van der Waals surface area contributed by atoms with Crippen molar-refractivity contribution >= 4 is 17.7 Å². The first-order valence-corrected chi connectivity index (χ1v) is 10.3. The van der Waals surface area contributed by atoms with Crippen LogP contribution in [0.1, 0.15) is 18.9 Å². The molecule has 1 heterocycles. The Kier molecular flexibility index (Phi) is 5.75. The second-order valence-electron chi connectivity index (χ2n) is 8.10. The van der Waals surface area contributed by atoms with E-state index in [-0.39, 0.29) is 25.1 Å². The summed E-state index contributed by atoms with van der Waals surface area (Å²) in [6.45, 7) is 1.99. The lowest BCUT2D eigenvalue weighted by Crippen LogP contribution is -2.33. The predicted molar refractivity (Wildman–Crippen MR) is 117 cm³/mol. The van der Waals surface area contributed by atoms with E-state index in [9.17, 15) is 14.0 Å². The molecular weight excluding hydrogens is 415 g/mol. The standard InChI is InChI=1S/C23H25FN4O4/c1-14(30)27-21-9-23(21)13-28(22(31)32-23)18-6-7-19(20(24)8-18)16-4-2-15(3-5-16)10-26-11-17(25)12-29/h2-8,11,21,26,29H,9-10,12-13,25H2,1H3,(H,27,30)/b17-11-/t21-,23-/m1/s1. The summed E-state index contributed by atoms with van der Waals surface area (Å²) in [5.74, 6) is -0.626. The molecule has 8 nitrogen and oxygen atoms in total. The van der Waals surface area contributed by atoms with Gasteiger partial charge in [-0.2, -0.15) is 0 Å². The van der Waals surface area contributed by atoms with Crippen molar-refractivity contribution in [1.82, 2.24) is 10.6 Å². The molecule has 2 aromatic rings. The zero-order valence-electron chi connectivity index (χ0n) is 17.6. The van der Waals surface area contributed by atoms with Crippen LogP contribution >= 0.6 is 0 Å². The number of carbonyl (C=O) groups is 2. The summed E-state index contributed by atoms with van der Waals surface area (Å²) in [6, 6.07) is 11.8. The molecular formula is C23H25FN4O4. The fourth-order valence-corrected chi connectivity index (χ4v) is 3.85. The number of hydrogen-bond donors (Lipinski definition) is 4. The molecule has 32 heavy (non-hydrogen) atoms. The van der Waals surface area contributed by atoms with E-state index in [2.05, 4.69) is 10.6 Å². The fraction of sp³-hybridized carbons (Fsp3) is 0.304. The third-order valence-electron chi connectivity index (χ3n) is 5.64. The van der Waals surface area contributed by atoms with Crippen molar-refractivity contribution in [3.63, 3.8) is 0 Å². The number of nitrogens with zero attached hydrogens (tertiary/aromatic N) is 1. The molecule has 0 unspecified atom stereocenters. The van der Waals surface area contributed by atoms with Crippen LogP contribution in [0.5, 0.6) is 0 Å². The summed E-state index contributed by atoms with van der Waals surface area (Å²) in [5.41, 5.74) is 7.64. The Balaban J connectivity index is 1.44. The van der Waals surface area contributed by atoms with Crippen LogP contribution in [0, 0.1) is 5.82 Å². The lowest BCUT2D eigenvalue weighted by Gasteiger charge is -2.15. The summed E-state index contributed by atoms with van der Waals surface area (Å²) in [5, 5.41) is 14.6. The van der Waals surface area contributed by atoms with E-state index in [1.54, 1.807) is 18.3 Å². The van der Waals surface area contributed by atoms with E-state index in [1.807, 2.05) is 24.3 Å². The van der Waals surface area contributed by atoms with Gasteiger partial charge in [-0.1, -0.05) is 24.3 Å². The highest BCUT2D eigenvalue weighted by Crippen LogP contribution is 2.46. The van der Waals surface area contributed by atoms with E-state index < -0.39 is 17.5 Å². The molecule has 1 saturated carbocycles. The van der Waals surface area contributed by atoms with Crippen molar-refractivity contribution in [3.05, 3.63) is 65.7 Å². The molecule has 1 aliphatic heterocycles. The van der Waals surface area contributed by atoms with Gasteiger partial charge in [-0.3, -0.25) is 9.69 Å². The number of halogens is 1. The molecule has 168 valence electrons. The van der Waals surface area contributed by atoms with Crippen molar-refractivity contribution in [1.29, 1.82) is 0 Å². The molecule has 0 radical (unpaired) electrons. The van der Waals surface area contributed by atoms with Gasteiger partial charge in [-0.25, -0.2) is 9.18 Å². The molecule has 2 aromatic carbocycles. The lowest BCUT2D eigenvalue weighted by atomic mass is 10.0. The van der Waals surface area contributed by atoms with Gasteiger partial charge in [0.2, 0.25) is 5.91 Å². The van der Waals surface area contributed by atoms with Gasteiger partial charge < -0.3 is 26.2 Å². The van der Waals surface area contributed by atoms with Crippen LogP contribution in [-0.4, -0.2) is 41.9 Å². The highest BCUT2D eigenvalue weighted by molar-refractivity contribution is 5.91. The Labute approximate surface area is 184 Å². The first-order chi connectivity index (χ1) is 15.3. The van der Waals surface area contributed by atoms with Gasteiger partial charge in [0.15, 0.2) is 5.60 Å². The van der Waals surface area contributed by atoms with Crippen LogP contribution < -0.4 is 21.3 Å². The molecule has 1 aliphatic carbocycles. The first kappa shape index (κ1) is 21.6. The number of ether oxygens (including phenoxy) is 1. The number of carbonyl (C=O) groups excluding carboxylic acids is 2. The summed E-state index contributed by atoms with van der Waals surface area (Å²) in [7, 11) is 0. The molecule has 2 atom stereocenters. The van der Waals surface area contributed by atoms with Crippen LogP contribution in [0.3, 0.4) is 0 Å². The maximum atomic E-state index is 14.9. The topological polar surface area (TPSA) is 117 Å². The Bertz CT molecular complexity index is 1070. The minimum Gasteiger partial charge on any atom is -0.438 e. The molecule has 0 bridgehead atoms. The minimum atomic E-state index is -0.723. The van der Waals surface area contributed by atoms with Crippen molar-refractivity contribution in [3.8, 4) is 11.1 Å². The maximum Gasteiger partial charge on any atom is 0.415 e. The number of anilines is 1. The van der Waals surface area contributed by atoms with Crippen LogP contribution in [0.15, 0.2) is 54.4 Å². The van der Waals surface area contributed by atoms with E-state index in [0.717, 1.165) is 5.56 Å². The van der Waals surface area contributed by atoms with Crippen LogP contribution in [0.4, 0.5) is 14.9 Å². The second kappa shape index (κ2) is 8.51. The molecule has 0 aromatic heterocycles. The number of hydrogen-bond acceptors (Lipinski definition) is 6. The number of nitrogens with two attached hydrogens (primary N) is 1. The lowest BCUT2D eigenvalue weighted by molar-refractivity contribution is -0.119. The molecule has 2 fully saturated rings. The predicted octanol–water partition coefficient (Wildman–Crippen LogP) is 1.98. The van der Waals surface area contributed by atoms with Gasteiger partial charge in [0, 0.05) is 37.3 Å². The highest BCUT2D eigenvalue weighted by atomic mass is 19.1. The van der Waals surface area contributed by atoms with E-state index >= 15 is 0 Å². The Morgan fingerprint density at radius 3 is 2.75 bits per heavy atom. The molecule has 1 spiro atoms. The molecule has 4 rings (SSSR count). The first-order valence-electron chi connectivity index (χ1n) is 10.3. The van der Waals surface area contributed by atoms with E-state index in [1.165, 1.54) is 17.9 Å². The second-order valence-corrected chi connectivity index (χ2v) is 8.10. The van der Waals surface area contributed by atoms with Crippen molar-refractivity contribution in [2.45, 2.75) is 31.5 Å². The van der Waals surface area contributed by atoms with Gasteiger partial charge in [-0.05, 0) is 29.3 Å². The summed E-state index contributed by atoms with van der Waals surface area (Å²) in [6.07, 6.45) is 1.55. The number of aliphatic hydroxyl groups excluding tert-OH is 1. The smallest absolute Gasteiger partial charge is 0.415 e. The summed E-state index contributed by atoms with van der Waals surface area (Å²) in [4.78, 5) is 25.0. The average Bonchev–Trinajstić information content (AvgIpc) is 3.29. The Morgan fingerprint density at radius 1 is 1.34 bits per heavy atom. The van der Waals surface area contributed by atoms with E-state index in [0.29, 0.717) is 35.5 Å². The average molecular weight is 440 g/mol. The van der Waals surface area contributed by atoms with E-state index in [4.69, 9.17) is 15.6 Å². The minimum absolute atomic E-state index is 0.177. The highest BCUT2D eigenvalue weighted by Gasteiger charge is 2.64. The quantitative estimate of drug-likeness (QED) is 0.523. The summed E-state index contributed by atoms with van der Waals surface area (Å²) >= 11 is 0. The van der Waals surface area contributed by atoms with Crippen LogP contribution in [0.25, 0.3) is 11.1 Å². The van der Waals surface area contributed by atoms with Gasteiger partial charge >= 0.3 is 6.09 Å². The van der Waals surface area contributed by atoms with Gasteiger partial charge in [0.05, 0.1) is 24.9 Å². The van der Waals surface area contributed by atoms with Gasteiger partial charge in [0.1, 0.15) is 5.82 Å². The van der Waals surface area contributed by atoms with Crippen LogP contribution in [0.2, 0.25) is 0 Å². The number of aliphatic hydroxyl groups is 1. The summed E-state index contributed by atoms with van der Waals surface area (Å²) < 4.78 is 20.4. The Morgan fingerprint density at radius 2 is 2.09 bits per heavy atom. The number of benzene rings is 2. The number of rotatable bonds is 7. The fourth-order valence-electron chi connectivity index (χ4n) is 3.85. The third-order valence-corrected chi connectivity index (χ3v) is 5.64. The molecule has 1 saturated heterocycles. The molecule has 2 amide bonds. The van der Waals surface area contributed by atoms with Crippen molar-refractivity contribution in [2.24, 2.45) is 5.73 Å². The van der Waals surface area contributed by atoms with Gasteiger partial charge in [0.25, 0.3) is 0 Å². The third kappa shape index (κ3) is 4.38. The normalized spacial score (nSPS) is 22.1. The van der Waals surface area contributed by atoms with Crippen molar-refractivity contribution in [2.75, 3.05) is 18.1 Å². The zero-order chi connectivity index (χ0) is 22.9. The van der Waals surface area contributed by atoms with Crippen LogP contribution in [-0.2, 0) is 16.1 Å². The monoisotopic (exact) mass is 440 g/mol. The van der Waals surface area contributed by atoms with Crippen molar-refractivity contribution < 1.29 is 23.8 Å². The zero-order valence-corrected chi connectivity index (χ0v) is 17.6. The maximum absolute atomic E-state index is 14.9. The molecule has 2 aliphatic rings. The Hall–Kier alpha value is -3.59. The molecule has 5 N–H and O–H groups in total. The molecule has 9 heteroatoms. The largest absolute Gasteiger partial charge is 0.438 e. The van der Waals surface area contributed by atoms with Gasteiger partial charge in [-0.15, -0.1) is 0 Å². The number of nitrogens with one attached hydrogen (secondary N) is 2. The number of amides is 2. The SMILES string of the molecule is CC(=O)N[C@@H]1C[C@@]12CN(c1ccc(-c3ccc(CN/C=C(\N)CO)cc3)c(F)c1)C(=O)O2.